The minimum atomic E-state index is 0.0848. The van der Waals surface area contributed by atoms with E-state index in [4.69, 9.17) is 0 Å². The van der Waals surface area contributed by atoms with Crippen molar-refractivity contribution >= 4 is 11.8 Å². The van der Waals surface area contributed by atoms with Crippen LogP contribution in [0.2, 0.25) is 0 Å². The largest absolute Gasteiger partial charge is 0.309 e. The molecule has 1 aromatic rings. The van der Waals surface area contributed by atoms with E-state index >= 15 is 0 Å². The van der Waals surface area contributed by atoms with Crippen molar-refractivity contribution in [2.24, 2.45) is 0 Å². The molecule has 0 amide bonds. The molecule has 1 aliphatic heterocycles. The lowest BCUT2D eigenvalue weighted by atomic mass is 10.1. The predicted molar refractivity (Wildman–Crippen MR) is 69.8 cm³/mol. The zero-order valence-corrected chi connectivity index (χ0v) is 11.2. The number of nitrogens with one attached hydrogen (secondary N) is 1. The zero-order valence-electron chi connectivity index (χ0n) is 10.4. The standard InChI is InChI=1S/C12H21N3S/c1-12(2,3)15-8-10(7-14-15)6-13-11-4-5-16-9-11/h7-8,11,13H,4-6,9H2,1-3H3. The Labute approximate surface area is 102 Å². The first-order chi connectivity index (χ1) is 7.55. The SMILES string of the molecule is CC(C)(C)n1cc(CNC2CCSC2)cn1. The lowest BCUT2D eigenvalue weighted by Crippen LogP contribution is -2.28. The fourth-order valence-corrected chi connectivity index (χ4v) is 2.96. The number of rotatable bonds is 3. The number of hydrogen-bond donors (Lipinski definition) is 1. The van der Waals surface area contributed by atoms with Crippen LogP contribution in [0.3, 0.4) is 0 Å². The smallest absolute Gasteiger partial charge is 0.0543 e. The summed E-state index contributed by atoms with van der Waals surface area (Å²) >= 11 is 2.04. The number of hydrogen-bond acceptors (Lipinski definition) is 3. The van der Waals surface area contributed by atoms with E-state index in [1.165, 1.54) is 23.5 Å². The lowest BCUT2D eigenvalue weighted by Gasteiger charge is -2.18. The monoisotopic (exact) mass is 239 g/mol. The maximum Gasteiger partial charge on any atom is 0.0543 e. The molecule has 90 valence electrons. The summed E-state index contributed by atoms with van der Waals surface area (Å²) in [5.74, 6) is 2.56. The molecule has 0 aromatic carbocycles. The number of aromatic nitrogens is 2. The Hall–Kier alpha value is -0.480. The fraction of sp³-hybridized carbons (Fsp3) is 0.750. The van der Waals surface area contributed by atoms with Crippen molar-refractivity contribution in [2.75, 3.05) is 11.5 Å². The summed E-state index contributed by atoms with van der Waals surface area (Å²) < 4.78 is 2.04. The van der Waals surface area contributed by atoms with Crippen molar-refractivity contribution in [1.29, 1.82) is 0 Å². The summed E-state index contributed by atoms with van der Waals surface area (Å²) in [6.07, 6.45) is 5.42. The van der Waals surface area contributed by atoms with E-state index in [9.17, 15) is 0 Å². The highest BCUT2D eigenvalue weighted by molar-refractivity contribution is 7.99. The Morgan fingerprint density at radius 3 is 2.94 bits per heavy atom. The highest BCUT2D eigenvalue weighted by atomic mass is 32.2. The molecule has 0 radical (unpaired) electrons. The summed E-state index contributed by atoms with van der Waals surface area (Å²) in [5.41, 5.74) is 1.37. The van der Waals surface area contributed by atoms with Crippen molar-refractivity contribution in [3.05, 3.63) is 18.0 Å². The quantitative estimate of drug-likeness (QED) is 0.877. The molecule has 4 heteroatoms. The minimum absolute atomic E-state index is 0.0848. The fourth-order valence-electron chi connectivity index (χ4n) is 1.78. The van der Waals surface area contributed by atoms with Crippen LogP contribution in [-0.2, 0) is 12.1 Å². The maximum atomic E-state index is 4.40. The molecule has 0 aliphatic carbocycles. The van der Waals surface area contributed by atoms with Gasteiger partial charge in [-0.2, -0.15) is 16.9 Å². The van der Waals surface area contributed by atoms with E-state index < -0.39 is 0 Å². The highest BCUT2D eigenvalue weighted by Gasteiger charge is 2.16. The third-order valence-corrected chi connectivity index (χ3v) is 4.01. The normalized spacial score (nSPS) is 21.6. The summed E-state index contributed by atoms with van der Waals surface area (Å²) in [5, 5.41) is 7.99. The Morgan fingerprint density at radius 2 is 2.38 bits per heavy atom. The van der Waals surface area contributed by atoms with Gasteiger partial charge in [0.25, 0.3) is 0 Å². The molecule has 0 spiro atoms. The summed E-state index contributed by atoms with van der Waals surface area (Å²) in [6, 6.07) is 0.697. The molecule has 1 saturated heterocycles. The number of thioether (sulfide) groups is 1. The first-order valence-electron chi connectivity index (χ1n) is 5.91. The Bertz CT molecular complexity index is 334. The zero-order chi connectivity index (χ0) is 11.6. The molecule has 1 fully saturated rings. The second-order valence-corrected chi connectivity index (χ2v) is 6.56. The summed E-state index contributed by atoms with van der Waals surface area (Å²) in [4.78, 5) is 0. The van der Waals surface area contributed by atoms with Crippen LogP contribution >= 0.6 is 11.8 Å². The maximum absolute atomic E-state index is 4.40. The van der Waals surface area contributed by atoms with Gasteiger partial charge in [0, 0.05) is 30.1 Å². The molecule has 1 unspecified atom stereocenters. The van der Waals surface area contributed by atoms with Crippen LogP contribution in [0.4, 0.5) is 0 Å². The molecule has 0 bridgehead atoms. The van der Waals surface area contributed by atoms with Crippen molar-refractivity contribution < 1.29 is 0 Å². The molecule has 3 nitrogen and oxygen atoms in total. The highest BCUT2D eigenvalue weighted by Crippen LogP contribution is 2.18. The lowest BCUT2D eigenvalue weighted by molar-refractivity contribution is 0.355. The van der Waals surface area contributed by atoms with Gasteiger partial charge in [0.15, 0.2) is 0 Å². The molecule has 2 rings (SSSR count). The summed E-state index contributed by atoms with van der Waals surface area (Å²) in [6.45, 7) is 7.46. The first-order valence-corrected chi connectivity index (χ1v) is 7.06. The van der Waals surface area contributed by atoms with Crippen molar-refractivity contribution in [3.63, 3.8) is 0 Å². The van der Waals surface area contributed by atoms with E-state index in [-0.39, 0.29) is 5.54 Å². The van der Waals surface area contributed by atoms with Gasteiger partial charge in [-0.05, 0) is 32.9 Å². The average Bonchev–Trinajstić information content (AvgIpc) is 2.85. The van der Waals surface area contributed by atoms with Crippen LogP contribution in [-0.4, -0.2) is 27.3 Å². The van der Waals surface area contributed by atoms with Gasteiger partial charge >= 0.3 is 0 Å². The predicted octanol–water partition coefficient (Wildman–Crippen LogP) is 2.23. The van der Waals surface area contributed by atoms with Crippen molar-refractivity contribution in [1.82, 2.24) is 15.1 Å². The first kappa shape index (κ1) is 12.0. The third-order valence-electron chi connectivity index (χ3n) is 2.85. The third kappa shape index (κ3) is 3.01. The Balaban J connectivity index is 1.87. The van der Waals surface area contributed by atoms with Crippen LogP contribution in [0.5, 0.6) is 0 Å². The van der Waals surface area contributed by atoms with E-state index in [0.717, 1.165) is 6.54 Å². The Kier molecular flexibility index (Phi) is 3.60. The molecule has 1 atom stereocenters. The van der Waals surface area contributed by atoms with Gasteiger partial charge < -0.3 is 5.32 Å². The van der Waals surface area contributed by atoms with Crippen LogP contribution in [0, 0.1) is 0 Å². The van der Waals surface area contributed by atoms with Gasteiger partial charge in [0.05, 0.1) is 11.7 Å². The van der Waals surface area contributed by atoms with Gasteiger partial charge in [-0.3, -0.25) is 4.68 Å². The van der Waals surface area contributed by atoms with Crippen LogP contribution in [0.15, 0.2) is 12.4 Å². The van der Waals surface area contributed by atoms with E-state index in [1.54, 1.807) is 0 Å². The van der Waals surface area contributed by atoms with Crippen molar-refractivity contribution in [3.8, 4) is 0 Å². The Morgan fingerprint density at radius 1 is 1.56 bits per heavy atom. The van der Waals surface area contributed by atoms with E-state index in [0.29, 0.717) is 6.04 Å². The summed E-state index contributed by atoms with van der Waals surface area (Å²) in [7, 11) is 0. The van der Waals surface area contributed by atoms with Crippen molar-refractivity contribution in [2.45, 2.75) is 45.3 Å². The molecule has 1 N–H and O–H groups in total. The molecule has 0 saturated carbocycles. The molecule has 1 aliphatic rings. The van der Waals surface area contributed by atoms with Crippen LogP contribution < -0.4 is 5.32 Å². The molecule has 16 heavy (non-hydrogen) atoms. The average molecular weight is 239 g/mol. The minimum Gasteiger partial charge on any atom is -0.309 e. The molecule has 1 aromatic heterocycles. The molecule has 2 heterocycles. The molecular weight excluding hydrogens is 218 g/mol. The second kappa shape index (κ2) is 4.80. The second-order valence-electron chi connectivity index (χ2n) is 5.41. The van der Waals surface area contributed by atoms with E-state index in [1.807, 2.05) is 22.6 Å². The molecular formula is C12H21N3S. The van der Waals surface area contributed by atoms with Gasteiger partial charge in [0.1, 0.15) is 0 Å². The topological polar surface area (TPSA) is 29.9 Å². The van der Waals surface area contributed by atoms with Gasteiger partial charge in [0.2, 0.25) is 0 Å². The van der Waals surface area contributed by atoms with Crippen LogP contribution in [0.25, 0.3) is 0 Å². The van der Waals surface area contributed by atoms with Crippen LogP contribution in [0.1, 0.15) is 32.8 Å². The van der Waals surface area contributed by atoms with E-state index in [2.05, 4.69) is 37.4 Å². The van der Waals surface area contributed by atoms with Gasteiger partial charge in [-0.25, -0.2) is 0 Å². The van der Waals surface area contributed by atoms with Gasteiger partial charge in [-0.15, -0.1) is 0 Å². The van der Waals surface area contributed by atoms with Gasteiger partial charge in [-0.1, -0.05) is 0 Å². The number of nitrogens with zero attached hydrogens (tertiary/aromatic N) is 2.